The van der Waals surface area contributed by atoms with Gasteiger partial charge in [-0.15, -0.1) is 0 Å². The van der Waals surface area contributed by atoms with E-state index in [-0.39, 0.29) is 30.0 Å². The van der Waals surface area contributed by atoms with E-state index in [0.29, 0.717) is 11.6 Å². The number of nitrogens with zero attached hydrogens (tertiary/aromatic N) is 1. The molecule has 0 unspecified atom stereocenters. The van der Waals surface area contributed by atoms with Crippen LogP contribution in [0, 0.1) is 15.9 Å². The number of halogens is 1. The summed E-state index contributed by atoms with van der Waals surface area (Å²) in [7, 11) is -3.36. The molecular weight excluding hydrogens is 377 g/mol. The third-order valence-corrected chi connectivity index (χ3v) is 5.40. The highest BCUT2D eigenvalue weighted by molar-refractivity contribution is 7.90. The van der Waals surface area contributed by atoms with Crippen molar-refractivity contribution in [1.29, 1.82) is 0 Å². The highest BCUT2D eigenvalue weighted by Crippen LogP contribution is 2.26. The molecule has 0 atom stereocenters. The summed E-state index contributed by atoms with van der Waals surface area (Å²) < 4.78 is 37.6. The van der Waals surface area contributed by atoms with Crippen LogP contribution >= 0.6 is 0 Å². The van der Waals surface area contributed by atoms with Crippen LogP contribution < -0.4 is 11.1 Å². The molecule has 2 aromatic rings. The van der Waals surface area contributed by atoms with Crippen molar-refractivity contribution in [2.24, 2.45) is 0 Å². The first-order valence-electron chi connectivity index (χ1n) is 7.95. The number of sulfone groups is 1. The Morgan fingerprint density at radius 2 is 1.89 bits per heavy atom. The van der Waals surface area contributed by atoms with Crippen molar-refractivity contribution >= 4 is 27.1 Å². The number of hydrogen-bond donors (Lipinski definition) is 2. The summed E-state index contributed by atoms with van der Waals surface area (Å²) in [5, 5.41) is 13.2. The van der Waals surface area contributed by atoms with Gasteiger partial charge in [-0.3, -0.25) is 14.9 Å². The van der Waals surface area contributed by atoms with Crippen LogP contribution in [0.3, 0.4) is 0 Å². The van der Waals surface area contributed by atoms with E-state index in [4.69, 9.17) is 5.73 Å². The van der Waals surface area contributed by atoms with Gasteiger partial charge in [0.05, 0.1) is 28.1 Å². The molecule has 2 aromatic carbocycles. The fourth-order valence-corrected chi connectivity index (χ4v) is 3.86. The van der Waals surface area contributed by atoms with Crippen molar-refractivity contribution in [1.82, 2.24) is 5.32 Å². The summed E-state index contributed by atoms with van der Waals surface area (Å²) >= 11 is 0. The second kappa shape index (κ2) is 8.58. The first kappa shape index (κ1) is 20.3. The van der Waals surface area contributed by atoms with Gasteiger partial charge in [0.15, 0.2) is 9.84 Å². The molecule has 144 valence electrons. The number of carbonyl (C=O) groups is 1. The third-order valence-electron chi connectivity index (χ3n) is 3.71. The summed E-state index contributed by atoms with van der Waals surface area (Å²) in [4.78, 5) is 22.0. The van der Waals surface area contributed by atoms with Crippen LogP contribution in [0.5, 0.6) is 0 Å². The first-order valence-corrected chi connectivity index (χ1v) is 9.78. The maximum atomic E-state index is 13.5. The summed E-state index contributed by atoms with van der Waals surface area (Å²) in [6.07, 6.45) is 0.137. The zero-order chi connectivity index (χ0) is 20.0. The maximum Gasteiger partial charge on any atom is 0.295 e. The highest BCUT2D eigenvalue weighted by atomic mass is 32.2. The molecule has 0 bridgehead atoms. The van der Waals surface area contributed by atoms with Crippen LogP contribution in [-0.4, -0.2) is 31.5 Å². The minimum absolute atomic E-state index is 0.00337. The molecule has 2 rings (SSSR count). The number of benzene rings is 2. The van der Waals surface area contributed by atoms with Gasteiger partial charge in [-0.25, -0.2) is 12.8 Å². The quantitative estimate of drug-likeness (QED) is 0.304. The number of hydrogen-bond acceptors (Lipinski definition) is 6. The van der Waals surface area contributed by atoms with Gasteiger partial charge < -0.3 is 11.1 Å². The summed E-state index contributed by atoms with van der Waals surface area (Å²) in [6, 6.07) is 10.1. The zero-order valence-electron chi connectivity index (χ0n) is 14.2. The van der Waals surface area contributed by atoms with Gasteiger partial charge in [0.25, 0.3) is 11.6 Å². The Balaban J connectivity index is 1.92. The predicted octanol–water partition coefficient (Wildman–Crippen LogP) is 2.05. The van der Waals surface area contributed by atoms with Crippen LogP contribution in [0.15, 0.2) is 42.5 Å². The van der Waals surface area contributed by atoms with E-state index in [0.717, 1.165) is 6.07 Å². The minimum Gasteiger partial charge on any atom is -0.393 e. The largest absolute Gasteiger partial charge is 0.393 e. The molecule has 0 heterocycles. The lowest BCUT2D eigenvalue weighted by Gasteiger charge is -2.09. The normalized spacial score (nSPS) is 11.1. The molecule has 0 aliphatic rings. The topological polar surface area (TPSA) is 132 Å². The van der Waals surface area contributed by atoms with Gasteiger partial charge in [0, 0.05) is 6.54 Å². The molecule has 1 amide bonds. The monoisotopic (exact) mass is 395 g/mol. The van der Waals surface area contributed by atoms with Crippen LogP contribution in [0.4, 0.5) is 15.8 Å². The van der Waals surface area contributed by atoms with E-state index in [9.17, 15) is 27.7 Å². The molecule has 0 aliphatic heterocycles. The van der Waals surface area contributed by atoms with Crippen molar-refractivity contribution < 1.29 is 22.5 Å². The fraction of sp³-hybridized carbons (Fsp3) is 0.235. The van der Waals surface area contributed by atoms with Gasteiger partial charge in [0.2, 0.25) is 0 Å². The zero-order valence-corrected chi connectivity index (χ0v) is 15.0. The second-order valence-electron chi connectivity index (χ2n) is 5.83. The van der Waals surface area contributed by atoms with Gasteiger partial charge >= 0.3 is 0 Å². The molecule has 27 heavy (non-hydrogen) atoms. The highest BCUT2D eigenvalue weighted by Gasteiger charge is 2.21. The van der Waals surface area contributed by atoms with E-state index < -0.39 is 37.9 Å². The lowest BCUT2D eigenvalue weighted by Crippen LogP contribution is -2.27. The Bertz CT molecular complexity index is 949. The van der Waals surface area contributed by atoms with Crippen molar-refractivity contribution in [2.75, 3.05) is 18.0 Å². The fourth-order valence-electron chi connectivity index (χ4n) is 2.43. The number of rotatable bonds is 8. The first-order chi connectivity index (χ1) is 12.7. The summed E-state index contributed by atoms with van der Waals surface area (Å²) in [5.41, 5.74) is 4.70. The third kappa shape index (κ3) is 5.74. The molecule has 3 N–H and O–H groups in total. The molecule has 0 saturated carbocycles. The standard InChI is InChI=1S/C17H18FN3O5S/c18-13-9-14(16(19)15(10-13)21(23)24)17(22)20-7-4-8-27(25,26)11-12-5-2-1-3-6-12/h1-3,5-6,9-10H,4,7-8,11,19H2,(H,20,22). The Labute approximate surface area is 155 Å². The summed E-state index contributed by atoms with van der Waals surface area (Å²) in [5.74, 6) is -2.03. The van der Waals surface area contributed by atoms with Crippen LogP contribution in [-0.2, 0) is 15.6 Å². The molecule has 0 aromatic heterocycles. The molecule has 0 spiro atoms. The average Bonchev–Trinajstić information content (AvgIpc) is 2.60. The number of amides is 1. The number of nitrogens with one attached hydrogen (secondary N) is 1. The number of anilines is 1. The van der Waals surface area contributed by atoms with Crippen molar-refractivity contribution in [2.45, 2.75) is 12.2 Å². The van der Waals surface area contributed by atoms with E-state index >= 15 is 0 Å². The van der Waals surface area contributed by atoms with Crippen LogP contribution in [0.25, 0.3) is 0 Å². The number of nitrogen functional groups attached to an aromatic ring is 1. The maximum absolute atomic E-state index is 13.5. The predicted molar refractivity (Wildman–Crippen MR) is 98.3 cm³/mol. The van der Waals surface area contributed by atoms with Crippen LogP contribution in [0.1, 0.15) is 22.3 Å². The molecule has 0 aliphatic carbocycles. The van der Waals surface area contributed by atoms with Crippen molar-refractivity contribution in [3.05, 3.63) is 69.5 Å². The molecule has 8 nitrogen and oxygen atoms in total. The number of nitro groups is 1. The van der Waals surface area contributed by atoms with Gasteiger partial charge in [0.1, 0.15) is 11.5 Å². The van der Waals surface area contributed by atoms with Crippen molar-refractivity contribution in [3.8, 4) is 0 Å². The Morgan fingerprint density at radius 1 is 1.22 bits per heavy atom. The molecule has 0 radical (unpaired) electrons. The van der Waals surface area contributed by atoms with Gasteiger partial charge in [-0.2, -0.15) is 0 Å². The molecule has 0 saturated heterocycles. The van der Waals surface area contributed by atoms with E-state index in [2.05, 4.69) is 5.32 Å². The van der Waals surface area contributed by atoms with Crippen LogP contribution in [0.2, 0.25) is 0 Å². The molecule has 10 heteroatoms. The van der Waals surface area contributed by atoms with E-state index in [1.54, 1.807) is 30.3 Å². The summed E-state index contributed by atoms with van der Waals surface area (Å²) in [6.45, 7) is -0.00337. The Kier molecular flexibility index (Phi) is 6.45. The lowest BCUT2D eigenvalue weighted by molar-refractivity contribution is -0.384. The smallest absolute Gasteiger partial charge is 0.295 e. The van der Waals surface area contributed by atoms with Crippen molar-refractivity contribution in [3.63, 3.8) is 0 Å². The lowest BCUT2D eigenvalue weighted by atomic mass is 10.1. The average molecular weight is 395 g/mol. The molecular formula is C17H18FN3O5S. The second-order valence-corrected chi connectivity index (χ2v) is 8.01. The number of carbonyl (C=O) groups excluding carboxylic acids is 1. The number of nitro benzene ring substituents is 1. The Morgan fingerprint density at radius 3 is 2.52 bits per heavy atom. The minimum atomic E-state index is -3.36. The van der Waals surface area contributed by atoms with E-state index in [1.165, 1.54) is 0 Å². The van der Waals surface area contributed by atoms with Gasteiger partial charge in [-0.05, 0) is 18.1 Å². The number of nitrogens with two attached hydrogens (primary N) is 1. The van der Waals surface area contributed by atoms with E-state index in [1.807, 2.05) is 0 Å². The van der Waals surface area contributed by atoms with Gasteiger partial charge in [-0.1, -0.05) is 30.3 Å². The SMILES string of the molecule is Nc1c(C(=O)NCCCS(=O)(=O)Cc2ccccc2)cc(F)cc1[N+](=O)[O-]. The Hall–Kier alpha value is -3.01. The molecule has 0 fully saturated rings.